The van der Waals surface area contributed by atoms with Gasteiger partial charge in [0, 0.05) is 12.1 Å². The van der Waals surface area contributed by atoms with Gasteiger partial charge in [0.15, 0.2) is 17.6 Å². The minimum Gasteiger partial charge on any atom is -0.494 e. The Morgan fingerprint density at radius 1 is 0.974 bits per heavy atom. The third kappa shape index (κ3) is 8.56. The first-order valence-corrected chi connectivity index (χ1v) is 12.3. The van der Waals surface area contributed by atoms with Crippen LogP contribution >= 0.6 is 0 Å². The maximum absolute atomic E-state index is 12.6. The number of carbonyl (C=O) groups is 2. The third-order valence-corrected chi connectivity index (χ3v) is 5.15. The molecule has 1 N–H and O–H groups in total. The number of nitro benzene ring substituents is 1. The summed E-state index contributed by atoms with van der Waals surface area (Å²) in [5.74, 6) is 0.476. The van der Waals surface area contributed by atoms with Crippen molar-refractivity contribution < 1.29 is 33.5 Å². The number of hydrazone groups is 1. The fourth-order valence-corrected chi connectivity index (χ4v) is 3.19. The van der Waals surface area contributed by atoms with E-state index in [1.807, 2.05) is 6.92 Å². The van der Waals surface area contributed by atoms with Gasteiger partial charge in [-0.15, -0.1) is 0 Å². The first kappa shape index (κ1) is 28.6. The molecule has 3 rings (SSSR count). The Balaban J connectivity index is 1.59. The van der Waals surface area contributed by atoms with E-state index in [0.29, 0.717) is 41.6 Å². The van der Waals surface area contributed by atoms with E-state index in [1.54, 1.807) is 49.4 Å². The Hall–Kier alpha value is -4.93. The van der Waals surface area contributed by atoms with Crippen molar-refractivity contribution in [3.63, 3.8) is 0 Å². The summed E-state index contributed by atoms with van der Waals surface area (Å²) in [7, 11) is 0. The fourth-order valence-electron chi connectivity index (χ4n) is 3.19. The van der Waals surface area contributed by atoms with E-state index in [-0.39, 0.29) is 11.4 Å². The first-order chi connectivity index (χ1) is 18.8. The molecule has 0 saturated heterocycles. The summed E-state index contributed by atoms with van der Waals surface area (Å²) in [5, 5.41) is 14.7. The molecule has 3 aromatic carbocycles. The molecule has 1 atom stereocenters. The van der Waals surface area contributed by atoms with Crippen molar-refractivity contribution in [1.82, 2.24) is 5.43 Å². The van der Waals surface area contributed by atoms with Crippen LogP contribution in [0.1, 0.15) is 43.1 Å². The summed E-state index contributed by atoms with van der Waals surface area (Å²) in [6.45, 7) is 6.26. The van der Waals surface area contributed by atoms with Gasteiger partial charge in [-0.05, 0) is 80.4 Å². The summed E-state index contributed by atoms with van der Waals surface area (Å²) in [5.41, 5.74) is 3.24. The van der Waals surface area contributed by atoms with Crippen molar-refractivity contribution in [1.29, 1.82) is 0 Å². The van der Waals surface area contributed by atoms with Gasteiger partial charge >= 0.3 is 5.97 Å². The highest BCUT2D eigenvalue weighted by Gasteiger charge is 2.16. The molecule has 0 fully saturated rings. The topological polar surface area (TPSA) is 139 Å². The third-order valence-electron chi connectivity index (χ3n) is 5.15. The van der Waals surface area contributed by atoms with Gasteiger partial charge in [0.25, 0.3) is 11.6 Å². The average molecular weight is 536 g/mol. The van der Waals surface area contributed by atoms with Crippen LogP contribution in [0, 0.1) is 10.1 Å². The van der Waals surface area contributed by atoms with E-state index in [9.17, 15) is 19.7 Å². The summed E-state index contributed by atoms with van der Waals surface area (Å²) >= 11 is 0. The summed E-state index contributed by atoms with van der Waals surface area (Å²) in [4.78, 5) is 35.2. The zero-order valence-electron chi connectivity index (χ0n) is 21.8. The van der Waals surface area contributed by atoms with Gasteiger partial charge in [0.2, 0.25) is 0 Å². The fraction of sp³-hybridized carbons (Fsp3) is 0.250. The molecular formula is C28H29N3O8. The molecule has 0 saturated carbocycles. The minimum absolute atomic E-state index is 0.0807. The van der Waals surface area contributed by atoms with E-state index >= 15 is 0 Å². The molecular weight excluding hydrogens is 506 g/mol. The molecule has 39 heavy (non-hydrogen) atoms. The molecule has 3 aromatic rings. The van der Waals surface area contributed by atoms with Crippen LogP contribution in [0.4, 0.5) is 5.69 Å². The molecule has 0 aromatic heterocycles. The van der Waals surface area contributed by atoms with Gasteiger partial charge in [-0.2, -0.15) is 5.10 Å². The lowest BCUT2D eigenvalue weighted by Gasteiger charge is -2.13. The Morgan fingerprint density at radius 2 is 1.67 bits per heavy atom. The van der Waals surface area contributed by atoms with Crippen LogP contribution in [0.2, 0.25) is 0 Å². The highest BCUT2D eigenvalue weighted by Crippen LogP contribution is 2.29. The molecule has 0 spiro atoms. The largest absolute Gasteiger partial charge is 0.494 e. The van der Waals surface area contributed by atoms with Gasteiger partial charge < -0.3 is 18.9 Å². The number of esters is 1. The lowest BCUT2D eigenvalue weighted by molar-refractivity contribution is -0.384. The minimum atomic E-state index is -0.906. The molecule has 0 aliphatic rings. The number of benzene rings is 3. The number of carbonyl (C=O) groups excluding carboxylic acids is 2. The van der Waals surface area contributed by atoms with Gasteiger partial charge in [-0.1, -0.05) is 6.92 Å². The molecule has 0 aliphatic heterocycles. The number of hydrogen-bond acceptors (Lipinski definition) is 9. The van der Waals surface area contributed by atoms with E-state index in [2.05, 4.69) is 10.5 Å². The van der Waals surface area contributed by atoms with Crippen molar-refractivity contribution in [2.24, 2.45) is 5.10 Å². The highest BCUT2D eigenvalue weighted by atomic mass is 16.6. The second-order valence-electron chi connectivity index (χ2n) is 8.15. The predicted molar refractivity (Wildman–Crippen MR) is 144 cm³/mol. The molecule has 0 bridgehead atoms. The Morgan fingerprint density at radius 3 is 2.31 bits per heavy atom. The van der Waals surface area contributed by atoms with Crippen molar-refractivity contribution >= 4 is 23.8 Å². The molecule has 0 aliphatic carbocycles. The number of nitrogens with zero attached hydrogens (tertiary/aromatic N) is 2. The Bertz CT molecular complexity index is 1310. The Kier molecular flexibility index (Phi) is 10.4. The van der Waals surface area contributed by atoms with Gasteiger partial charge in [0.1, 0.15) is 11.5 Å². The van der Waals surface area contributed by atoms with E-state index in [1.165, 1.54) is 37.4 Å². The van der Waals surface area contributed by atoms with Crippen LogP contribution in [0.5, 0.6) is 23.0 Å². The maximum Gasteiger partial charge on any atom is 0.343 e. The van der Waals surface area contributed by atoms with Crippen LogP contribution in [0.25, 0.3) is 0 Å². The normalized spacial score (nSPS) is 11.5. The van der Waals surface area contributed by atoms with Crippen LogP contribution in [-0.2, 0) is 4.79 Å². The second kappa shape index (κ2) is 14.1. The summed E-state index contributed by atoms with van der Waals surface area (Å²) in [6, 6.07) is 16.9. The van der Waals surface area contributed by atoms with Gasteiger partial charge in [-0.25, -0.2) is 10.2 Å². The number of hydrogen-bond donors (Lipinski definition) is 1. The SMILES string of the molecule is CCCOc1ccc(C(=O)Oc2ccc(C=NNC(=O)C(C)Oc3ccc([N+](=O)[O-])cc3)cc2OCC)cc1. The molecule has 1 unspecified atom stereocenters. The van der Waals surface area contributed by atoms with Gasteiger partial charge in [0.05, 0.1) is 29.9 Å². The molecule has 0 heterocycles. The second-order valence-corrected chi connectivity index (χ2v) is 8.15. The monoisotopic (exact) mass is 535 g/mol. The Labute approximate surface area is 225 Å². The molecule has 1 amide bonds. The first-order valence-electron chi connectivity index (χ1n) is 12.3. The summed E-state index contributed by atoms with van der Waals surface area (Å²) in [6.07, 6.45) is 1.38. The average Bonchev–Trinajstić information content (AvgIpc) is 2.93. The standard InChI is InChI=1S/C28H29N3O8/c1-4-16-37-23-11-7-21(8-12-23)28(33)39-25-15-6-20(17-26(25)36-5-2)18-29-30-27(32)19(3)38-24-13-9-22(10-14-24)31(34)35/h6-15,17-19H,4-5,16H2,1-3H3,(H,30,32). The lowest BCUT2D eigenvalue weighted by atomic mass is 10.2. The number of non-ortho nitro benzene ring substituents is 1. The molecule has 11 nitrogen and oxygen atoms in total. The van der Waals surface area contributed by atoms with Crippen LogP contribution in [0.3, 0.4) is 0 Å². The van der Waals surface area contributed by atoms with Crippen molar-refractivity contribution in [3.05, 3.63) is 88.0 Å². The maximum atomic E-state index is 12.6. The van der Waals surface area contributed by atoms with Crippen LogP contribution in [0.15, 0.2) is 71.8 Å². The van der Waals surface area contributed by atoms with Crippen molar-refractivity contribution in [3.8, 4) is 23.0 Å². The zero-order chi connectivity index (χ0) is 28.2. The smallest absolute Gasteiger partial charge is 0.343 e. The zero-order valence-corrected chi connectivity index (χ0v) is 21.8. The lowest BCUT2D eigenvalue weighted by Crippen LogP contribution is -2.33. The number of ether oxygens (including phenoxy) is 4. The molecule has 204 valence electrons. The van der Waals surface area contributed by atoms with E-state index in [0.717, 1.165) is 6.42 Å². The molecule has 11 heteroatoms. The number of amides is 1. The number of nitro groups is 1. The highest BCUT2D eigenvalue weighted by molar-refractivity contribution is 5.92. The molecule has 0 radical (unpaired) electrons. The van der Waals surface area contributed by atoms with Gasteiger partial charge in [-0.3, -0.25) is 14.9 Å². The predicted octanol–water partition coefficient (Wildman–Crippen LogP) is 4.92. The summed E-state index contributed by atoms with van der Waals surface area (Å²) < 4.78 is 22.2. The van der Waals surface area contributed by atoms with Crippen LogP contribution in [-0.4, -0.2) is 42.3 Å². The number of nitrogens with one attached hydrogen (secondary N) is 1. The van der Waals surface area contributed by atoms with Crippen LogP contribution < -0.4 is 24.4 Å². The quantitative estimate of drug-likeness (QED) is 0.107. The number of rotatable bonds is 13. The van der Waals surface area contributed by atoms with Crippen molar-refractivity contribution in [2.75, 3.05) is 13.2 Å². The van der Waals surface area contributed by atoms with E-state index < -0.39 is 22.9 Å². The van der Waals surface area contributed by atoms with E-state index in [4.69, 9.17) is 18.9 Å². The van der Waals surface area contributed by atoms with Crippen molar-refractivity contribution in [2.45, 2.75) is 33.3 Å².